The number of benzene rings is 1. The highest BCUT2D eigenvalue weighted by Gasteiger charge is 2.57. The van der Waals surface area contributed by atoms with Gasteiger partial charge >= 0.3 is 5.97 Å². The van der Waals surface area contributed by atoms with Gasteiger partial charge in [0.15, 0.2) is 6.10 Å². The molecule has 5 rings (SSSR count). The van der Waals surface area contributed by atoms with Crippen LogP contribution < -0.4 is 10.1 Å². The Morgan fingerprint density at radius 3 is 2.41 bits per heavy atom. The molecule has 0 saturated heterocycles. The first-order chi connectivity index (χ1) is 13.8. The maximum atomic E-state index is 12.6. The number of nitrogens with one attached hydrogen (secondary N) is 1. The molecule has 29 heavy (non-hydrogen) atoms. The highest BCUT2D eigenvalue weighted by molar-refractivity contribution is 5.83. The fourth-order valence-corrected chi connectivity index (χ4v) is 6.28. The van der Waals surface area contributed by atoms with E-state index in [1.165, 1.54) is 6.42 Å². The monoisotopic (exact) mass is 401 g/mol. The Morgan fingerprint density at radius 1 is 1.17 bits per heavy atom. The van der Waals surface area contributed by atoms with Gasteiger partial charge in [-0.05, 0) is 80.4 Å². The highest BCUT2D eigenvalue weighted by Crippen LogP contribution is 2.62. The van der Waals surface area contributed by atoms with Crippen LogP contribution in [0.3, 0.4) is 0 Å². The number of rotatable bonds is 7. The lowest BCUT2D eigenvalue weighted by molar-refractivity contribution is -0.180. The molecular formula is C23H31NO5. The molecule has 1 amide bonds. The van der Waals surface area contributed by atoms with Crippen molar-refractivity contribution in [1.29, 1.82) is 0 Å². The predicted octanol–water partition coefficient (Wildman–Crippen LogP) is 2.96. The third kappa shape index (κ3) is 4.42. The SMILES string of the molecule is COc1ccc(CNC(=O)[C@H](C)OC(=O)CC23C[C@@H]4C[C@@H](CC(O)(C4)C2)C3)cc1. The number of hydrogen-bond acceptors (Lipinski definition) is 5. The van der Waals surface area contributed by atoms with Gasteiger partial charge in [-0.1, -0.05) is 12.1 Å². The van der Waals surface area contributed by atoms with E-state index in [-0.39, 0.29) is 17.3 Å². The Bertz CT molecular complexity index is 760. The molecule has 1 aromatic rings. The Morgan fingerprint density at radius 2 is 1.83 bits per heavy atom. The number of ether oxygens (including phenoxy) is 2. The van der Waals surface area contributed by atoms with Crippen molar-refractivity contribution in [2.24, 2.45) is 17.3 Å². The summed E-state index contributed by atoms with van der Waals surface area (Å²) >= 11 is 0. The molecule has 4 bridgehead atoms. The first kappa shape index (κ1) is 20.2. The highest BCUT2D eigenvalue weighted by atomic mass is 16.5. The third-order valence-corrected chi connectivity index (χ3v) is 6.97. The van der Waals surface area contributed by atoms with Gasteiger partial charge in [-0.25, -0.2) is 0 Å². The molecule has 5 atom stereocenters. The Labute approximate surface area is 172 Å². The van der Waals surface area contributed by atoms with E-state index in [0.717, 1.165) is 37.0 Å². The molecule has 0 radical (unpaired) electrons. The zero-order valence-electron chi connectivity index (χ0n) is 17.3. The molecule has 0 aliphatic heterocycles. The Kier molecular flexibility index (Phi) is 5.32. The molecule has 4 aliphatic rings. The van der Waals surface area contributed by atoms with Gasteiger partial charge in [-0.3, -0.25) is 9.59 Å². The average Bonchev–Trinajstić information content (AvgIpc) is 2.63. The van der Waals surface area contributed by atoms with Crippen LogP contribution in [0.5, 0.6) is 5.75 Å². The third-order valence-electron chi connectivity index (χ3n) is 6.97. The van der Waals surface area contributed by atoms with E-state index in [0.29, 0.717) is 31.2 Å². The van der Waals surface area contributed by atoms with Crippen LogP contribution in [0.4, 0.5) is 0 Å². The summed E-state index contributed by atoms with van der Waals surface area (Å²) in [5.74, 6) is 1.18. The van der Waals surface area contributed by atoms with Crippen LogP contribution in [0.15, 0.2) is 24.3 Å². The fourth-order valence-electron chi connectivity index (χ4n) is 6.28. The number of esters is 1. The van der Waals surface area contributed by atoms with Crippen LogP contribution in [-0.4, -0.2) is 35.8 Å². The maximum Gasteiger partial charge on any atom is 0.307 e. The van der Waals surface area contributed by atoms with Crippen LogP contribution in [0.1, 0.15) is 57.4 Å². The van der Waals surface area contributed by atoms with Gasteiger partial charge in [0.25, 0.3) is 5.91 Å². The van der Waals surface area contributed by atoms with Crippen molar-refractivity contribution in [1.82, 2.24) is 5.32 Å². The summed E-state index contributed by atoms with van der Waals surface area (Å²) in [7, 11) is 1.61. The zero-order chi connectivity index (χ0) is 20.6. The number of aliphatic hydroxyl groups is 1. The first-order valence-corrected chi connectivity index (χ1v) is 10.6. The second-order valence-electron chi connectivity index (χ2n) is 9.56. The summed E-state index contributed by atoms with van der Waals surface area (Å²) in [6.45, 7) is 1.97. The molecule has 2 N–H and O–H groups in total. The normalized spacial score (nSPS) is 33.2. The van der Waals surface area contributed by atoms with E-state index >= 15 is 0 Å². The summed E-state index contributed by atoms with van der Waals surface area (Å²) in [6, 6.07) is 7.44. The number of carbonyl (C=O) groups is 2. The Hall–Kier alpha value is -2.08. The number of hydrogen-bond donors (Lipinski definition) is 2. The van der Waals surface area contributed by atoms with Crippen LogP contribution >= 0.6 is 0 Å². The van der Waals surface area contributed by atoms with Crippen molar-refractivity contribution in [3.63, 3.8) is 0 Å². The number of methoxy groups -OCH3 is 1. The molecule has 4 fully saturated rings. The second-order valence-corrected chi connectivity index (χ2v) is 9.56. The summed E-state index contributed by atoms with van der Waals surface area (Å²) < 4.78 is 10.6. The molecule has 158 valence electrons. The first-order valence-electron chi connectivity index (χ1n) is 10.6. The number of amides is 1. The maximum absolute atomic E-state index is 12.6. The zero-order valence-corrected chi connectivity index (χ0v) is 17.3. The fraction of sp³-hybridized carbons (Fsp3) is 0.652. The lowest BCUT2D eigenvalue weighted by atomic mass is 9.47. The summed E-state index contributed by atoms with van der Waals surface area (Å²) in [5, 5.41) is 13.6. The van der Waals surface area contributed by atoms with Crippen molar-refractivity contribution in [2.45, 2.75) is 70.1 Å². The van der Waals surface area contributed by atoms with Crippen molar-refractivity contribution >= 4 is 11.9 Å². The van der Waals surface area contributed by atoms with Crippen molar-refractivity contribution in [3.8, 4) is 5.75 Å². The summed E-state index contributed by atoms with van der Waals surface area (Å²) in [6.07, 6.45) is 5.10. The van der Waals surface area contributed by atoms with Crippen LogP contribution in [0, 0.1) is 17.3 Å². The van der Waals surface area contributed by atoms with E-state index in [4.69, 9.17) is 9.47 Å². The quantitative estimate of drug-likeness (QED) is 0.686. The van der Waals surface area contributed by atoms with Gasteiger partial charge in [-0.2, -0.15) is 0 Å². The van der Waals surface area contributed by atoms with E-state index in [2.05, 4.69) is 5.32 Å². The molecule has 0 aromatic heterocycles. The minimum absolute atomic E-state index is 0.144. The molecule has 2 unspecified atom stereocenters. The Balaban J connectivity index is 1.27. The molecule has 1 aromatic carbocycles. The molecule has 6 heteroatoms. The van der Waals surface area contributed by atoms with E-state index < -0.39 is 11.7 Å². The van der Waals surface area contributed by atoms with Crippen molar-refractivity contribution < 1.29 is 24.2 Å². The topological polar surface area (TPSA) is 84.9 Å². The lowest BCUT2D eigenvalue weighted by Crippen LogP contribution is -2.56. The van der Waals surface area contributed by atoms with E-state index in [1.54, 1.807) is 14.0 Å². The molecule has 4 aliphatic carbocycles. The molecule has 0 heterocycles. The van der Waals surface area contributed by atoms with Crippen molar-refractivity contribution in [3.05, 3.63) is 29.8 Å². The summed E-state index contributed by atoms with van der Waals surface area (Å²) in [4.78, 5) is 24.9. The lowest BCUT2D eigenvalue weighted by Gasteiger charge is -2.60. The van der Waals surface area contributed by atoms with Crippen molar-refractivity contribution in [2.75, 3.05) is 7.11 Å². The van der Waals surface area contributed by atoms with Gasteiger partial charge in [0, 0.05) is 6.54 Å². The minimum Gasteiger partial charge on any atom is -0.497 e. The average molecular weight is 402 g/mol. The van der Waals surface area contributed by atoms with Gasteiger partial charge < -0.3 is 19.9 Å². The largest absolute Gasteiger partial charge is 0.497 e. The molecule has 0 spiro atoms. The summed E-state index contributed by atoms with van der Waals surface area (Å²) in [5.41, 5.74) is 0.209. The minimum atomic E-state index is -0.835. The van der Waals surface area contributed by atoms with Gasteiger partial charge in [-0.15, -0.1) is 0 Å². The molecule has 6 nitrogen and oxygen atoms in total. The van der Waals surface area contributed by atoms with Crippen LogP contribution in [-0.2, 0) is 20.9 Å². The van der Waals surface area contributed by atoms with Gasteiger partial charge in [0.05, 0.1) is 19.1 Å². The molecule has 4 saturated carbocycles. The van der Waals surface area contributed by atoms with Gasteiger partial charge in [0.2, 0.25) is 0 Å². The van der Waals surface area contributed by atoms with Gasteiger partial charge in [0.1, 0.15) is 5.75 Å². The van der Waals surface area contributed by atoms with E-state index in [1.807, 2.05) is 24.3 Å². The second kappa shape index (κ2) is 7.63. The van der Waals surface area contributed by atoms with E-state index in [9.17, 15) is 14.7 Å². The standard InChI is InChI=1S/C23H31NO5/c1-15(21(26)24-13-16-3-5-19(28-2)6-4-16)29-20(25)12-22-8-17-7-18(9-22)11-23(27,10-17)14-22/h3-6,15,17-18,27H,7-14H2,1-2H3,(H,24,26)/t15-,17-,18+,22?,23?/m0/s1. The molecular weight excluding hydrogens is 370 g/mol. The van der Waals surface area contributed by atoms with Crippen LogP contribution in [0.25, 0.3) is 0 Å². The smallest absolute Gasteiger partial charge is 0.307 e. The number of carbonyl (C=O) groups excluding carboxylic acids is 2. The predicted molar refractivity (Wildman–Crippen MR) is 107 cm³/mol. The van der Waals surface area contributed by atoms with Crippen LogP contribution in [0.2, 0.25) is 0 Å².